The SMILES string of the molecule is CCN1CCOC(c2nc(=S)c3c([nH]2)CCCCC3)C1. The van der Waals surface area contributed by atoms with Crippen LogP contribution in [0.5, 0.6) is 0 Å². The van der Waals surface area contributed by atoms with E-state index in [9.17, 15) is 0 Å². The number of hydrogen-bond donors (Lipinski definition) is 1. The van der Waals surface area contributed by atoms with Crippen LogP contribution in [0.15, 0.2) is 0 Å². The summed E-state index contributed by atoms with van der Waals surface area (Å²) in [5.41, 5.74) is 2.57. The number of nitrogens with zero attached hydrogens (tertiary/aromatic N) is 2. The van der Waals surface area contributed by atoms with Crippen LogP contribution in [0.1, 0.15) is 49.4 Å². The predicted octanol–water partition coefficient (Wildman–Crippen LogP) is 2.80. The third kappa shape index (κ3) is 2.95. The van der Waals surface area contributed by atoms with Crippen LogP contribution in [-0.4, -0.2) is 41.1 Å². The van der Waals surface area contributed by atoms with Gasteiger partial charge in [0.1, 0.15) is 16.6 Å². The Morgan fingerprint density at radius 3 is 3.05 bits per heavy atom. The van der Waals surface area contributed by atoms with Crippen molar-refractivity contribution in [3.05, 3.63) is 21.7 Å². The van der Waals surface area contributed by atoms with Gasteiger partial charge in [-0.1, -0.05) is 25.6 Å². The van der Waals surface area contributed by atoms with Crippen LogP contribution in [-0.2, 0) is 17.6 Å². The number of morpholine rings is 1. The Hall–Kier alpha value is -0.780. The van der Waals surface area contributed by atoms with E-state index in [1.165, 1.54) is 30.5 Å². The number of nitrogens with one attached hydrogen (secondary N) is 1. The van der Waals surface area contributed by atoms with E-state index in [1.807, 2.05) is 0 Å². The van der Waals surface area contributed by atoms with E-state index in [2.05, 4.69) is 21.8 Å². The van der Waals surface area contributed by atoms with Crippen LogP contribution in [0.25, 0.3) is 0 Å². The number of fused-ring (bicyclic) bond motifs is 1. The minimum Gasteiger partial charge on any atom is -0.368 e. The lowest BCUT2D eigenvalue weighted by molar-refractivity contribution is -0.0327. The molecule has 110 valence electrons. The van der Waals surface area contributed by atoms with Crippen molar-refractivity contribution in [2.24, 2.45) is 0 Å². The molecule has 5 heteroatoms. The summed E-state index contributed by atoms with van der Waals surface area (Å²) < 4.78 is 6.68. The van der Waals surface area contributed by atoms with E-state index < -0.39 is 0 Å². The fourth-order valence-corrected chi connectivity index (χ4v) is 3.45. The van der Waals surface area contributed by atoms with Gasteiger partial charge in [-0.15, -0.1) is 0 Å². The van der Waals surface area contributed by atoms with E-state index in [1.54, 1.807) is 0 Å². The highest BCUT2D eigenvalue weighted by Crippen LogP contribution is 2.24. The summed E-state index contributed by atoms with van der Waals surface area (Å²) in [7, 11) is 0. The molecule has 1 aromatic heterocycles. The molecular weight excluding hydrogens is 270 g/mol. The first kappa shape index (κ1) is 14.2. The average molecular weight is 293 g/mol. The largest absolute Gasteiger partial charge is 0.368 e. The molecule has 1 saturated heterocycles. The Bertz CT molecular complexity index is 528. The van der Waals surface area contributed by atoms with Crippen molar-refractivity contribution in [2.45, 2.75) is 45.1 Å². The number of rotatable bonds is 2. The smallest absolute Gasteiger partial charge is 0.138 e. The van der Waals surface area contributed by atoms with Crippen LogP contribution in [0, 0.1) is 4.64 Å². The summed E-state index contributed by atoms with van der Waals surface area (Å²) >= 11 is 5.51. The molecule has 0 radical (unpaired) electrons. The van der Waals surface area contributed by atoms with E-state index in [-0.39, 0.29) is 6.10 Å². The second-order valence-corrected chi connectivity index (χ2v) is 6.08. The van der Waals surface area contributed by atoms with Gasteiger partial charge in [-0.2, -0.15) is 0 Å². The minimum atomic E-state index is 0.0407. The summed E-state index contributed by atoms with van der Waals surface area (Å²) in [6.07, 6.45) is 5.97. The van der Waals surface area contributed by atoms with Crippen LogP contribution >= 0.6 is 12.2 Å². The summed E-state index contributed by atoms with van der Waals surface area (Å²) in [4.78, 5) is 10.6. The molecule has 0 amide bonds. The molecule has 20 heavy (non-hydrogen) atoms. The molecule has 0 bridgehead atoms. The van der Waals surface area contributed by atoms with Crippen molar-refractivity contribution in [2.75, 3.05) is 26.2 Å². The van der Waals surface area contributed by atoms with Gasteiger partial charge in [-0.05, 0) is 32.2 Å². The fraction of sp³-hybridized carbons (Fsp3) is 0.733. The molecule has 0 aromatic carbocycles. The molecule has 2 aliphatic rings. The summed E-state index contributed by atoms with van der Waals surface area (Å²) in [6, 6.07) is 0. The van der Waals surface area contributed by atoms with Gasteiger partial charge in [0.2, 0.25) is 0 Å². The van der Waals surface area contributed by atoms with Crippen molar-refractivity contribution in [3.63, 3.8) is 0 Å². The zero-order chi connectivity index (χ0) is 13.9. The first-order chi connectivity index (χ1) is 9.78. The van der Waals surface area contributed by atoms with Crippen LogP contribution in [0.3, 0.4) is 0 Å². The zero-order valence-corrected chi connectivity index (χ0v) is 13.0. The number of aromatic amines is 1. The number of ether oxygens (including phenoxy) is 1. The molecule has 1 aliphatic heterocycles. The standard InChI is InChI=1S/C15H23N3OS/c1-2-18-8-9-19-13(10-18)14-16-12-7-5-3-4-6-11(12)15(20)17-14/h13H,2-10H2,1H3,(H,16,17,20). The van der Waals surface area contributed by atoms with Gasteiger partial charge < -0.3 is 9.72 Å². The van der Waals surface area contributed by atoms with Gasteiger partial charge >= 0.3 is 0 Å². The van der Waals surface area contributed by atoms with Crippen molar-refractivity contribution < 1.29 is 4.74 Å². The van der Waals surface area contributed by atoms with Crippen LogP contribution in [0.4, 0.5) is 0 Å². The predicted molar refractivity (Wildman–Crippen MR) is 81.5 cm³/mol. The van der Waals surface area contributed by atoms with E-state index in [0.29, 0.717) is 0 Å². The summed E-state index contributed by atoms with van der Waals surface area (Å²) in [6.45, 7) is 5.95. The molecule has 1 N–H and O–H groups in total. The first-order valence-corrected chi connectivity index (χ1v) is 8.14. The number of aromatic nitrogens is 2. The Morgan fingerprint density at radius 2 is 2.20 bits per heavy atom. The van der Waals surface area contributed by atoms with Crippen molar-refractivity contribution in [3.8, 4) is 0 Å². The summed E-state index contributed by atoms with van der Waals surface area (Å²) in [5.74, 6) is 0.925. The molecule has 1 unspecified atom stereocenters. The maximum atomic E-state index is 5.89. The van der Waals surface area contributed by atoms with Crippen LogP contribution < -0.4 is 0 Å². The maximum absolute atomic E-state index is 5.89. The molecular formula is C15H23N3OS. The second-order valence-electron chi connectivity index (χ2n) is 5.70. The van der Waals surface area contributed by atoms with Gasteiger partial charge in [-0.3, -0.25) is 4.90 Å². The van der Waals surface area contributed by atoms with Gasteiger partial charge in [0, 0.05) is 24.3 Å². The highest BCUT2D eigenvalue weighted by molar-refractivity contribution is 7.71. The van der Waals surface area contributed by atoms with Gasteiger partial charge in [-0.25, -0.2) is 4.98 Å². The normalized spacial score (nSPS) is 24.1. The molecule has 1 aliphatic carbocycles. The molecule has 3 rings (SSSR count). The number of likely N-dealkylation sites (N-methyl/N-ethyl adjacent to an activating group) is 1. The van der Waals surface area contributed by atoms with Crippen molar-refractivity contribution >= 4 is 12.2 Å². The number of H-pyrrole nitrogens is 1. The molecule has 1 atom stereocenters. The third-order valence-electron chi connectivity index (χ3n) is 4.38. The molecule has 1 aromatic rings. The second kappa shape index (κ2) is 6.33. The number of aryl methyl sites for hydroxylation is 1. The molecule has 0 saturated carbocycles. The quantitative estimate of drug-likeness (QED) is 0.672. The molecule has 4 nitrogen and oxygen atoms in total. The average Bonchev–Trinajstić information content (AvgIpc) is 2.73. The summed E-state index contributed by atoms with van der Waals surface area (Å²) in [5, 5.41) is 0. The Kier molecular flexibility index (Phi) is 4.48. The van der Waals surface area contributed by atoms with Crippen molar-refractivity contribution in [1.82, 2.24) is 14.9 Å². The lowest BCUT2D eigenvalue weighted by atomic mass is 10.1. The zero-order valence-electron chi connectivity index (χ0n) is 12.2. The lowest BCUT2D eigenvalue weighted by Crippen LogP contribution is -2.38. The van der Waals surface area contributed by atoms with E-state index in [0.717, 1.165) is 49.5 Å². The van der Waals surface area contributed by atoms with Gasteiger partial charge in [0.25, 0.3) is 0 Å². The van der Waals surface area contributed by atoms with E-state index in [4.69, 9.17) is 17.0 Å². The maximum Gasteiger partial charge on any atom is 0.138 e. The molecule has 0 spiro atoms. The van der Waals surface area contributed by atoms with Crippen LogP contribution in [0.2, 0.25) is 0 Å². The minimum absolute atomic E-state index is 0.0407. The van der Waals surface area contributed by atoms with E-state index >= 15 is 0 Å². The number of hydrogen-bond acceptors (Lipinski definition) is 4. The molecule has 1 fully saturated rings. The van der Waals surface area contributed by atoms with Gasteiger partial charge in [0.05, 0.1) is 6.61 Å². The lowest BCUT2D eigenvalue weighted by Gasteiger charge is -2.31. The highest BCUT2D eigenvalue weighted by atomic mass is 32.1. The Balaban J connectivity index is 1.88. The van der Waals surface area contributed by atoms with Crippen molar-refractivity contribution in [1.29, 1.82) is 0 Å². The molecule has 2 heterocycles. The Morgan fingerprint density at radius 1 is 1.35 bits per heavy atom. The monoisotopic (exact) mass is 293 g/mol. The topological polar surface area (TPSA) is 41.1 Å². The van der Waals surface area contributed by atoms with Gasteiger partial charge in [0.15, 0.2) is 0 Å². The third-order valence-corrected chi connectivity index (χ3v) is 4.72. The first-order valence-electron chi connectivity index (χ1n) is 7.74. The fourth-order valence-electron chi connectivity index (χ4n) is 3.12. The Labute approximate surface area is 125 Å². The highest BCUT2D eigenvalue weighted by Gasteiger charge is 2.24.